The number of halogens is 2. The predicted molar refractivity (Wildman–Crippen MR) is 52.4 cm³/mol. The van der Waals surface area contributed by atoms with E-state index >= 15 is 0 Å². The second-order valence-electron chi connectivity index (χ2n) is 2.39. The highest BCUT2D eigenvalue weighted by Gasteiger charge is 2.06. The van der Waals surface area contributed by atoms with Gasteiger partial charge in [-0.3, -0.25) is 0 Å². The third kappa shape index (κ3) is 2.75. The maximum Gasteiger partial charge on any atom is 0.107 e. The quantitative estimate of drug-likeness (QED) is 0.861. The summed E-state index contributed by atoms with van der Waals surface area (Å²) in [6, 6.07) is 1.94. The third-order valence-corrected chi connectivity index (χ3v) is 3.69. The van der Waals surface area contributed by atoms with Crippen LogP contribution in [0.15, 0.2) is 10.5 Å². The van der Waals surface area contributed by atoms with Crippen molar-refractivity contribution in [1.82, 2.24) is 0 Å². The zero-order valence-corrected chi connectivity index (χ0v) is 9.13. The molecule has 11 heavy (non-hydrogen) atoms. The molecule has 0 aliphatic heterocycles. The molecule has 0 fully saturated rings. The van der Waals surface area contributed by atoms with Gasteiger partial charge >= 0.3 is 0 Å². The summed E-state index contributed by atoms with van der Waals surface area (Å²) in [4.78, 5) is 1.11. The van der Waals surface area contributed by atoms with Gasteiger partial charge < -0.3 is 5.11 Å². The van der Waals surface area contributed by atoms with Crippen molar-refractivity contribution in [3.05, 3.63) is 19.8 Å². The van der Waals surface area contributed by atoms with Gasteiger partial charge in [0.15, 0.2) is 0 Å². The number of aliphatic hydroxyl groups excluding tert-OH is 1. The van der Waals surface area contributed by atoms with E-state index in [2.05, 4.69) is 15.9 Å². The molecule has 1 atom stereocenters. The average molecular weight is 256 g/mol. The molecule has 0 saturated carbocycles. The summed E-state index contributed by atoms with van der Waals surface area (Å²) in [5.74, 6) is 0. The van der Waals surface area contributed by atoms with Crippen LogP contribution < -0.4 is 0 Å². The van der Waals surface area contributed by atoms with Gasteiger partial charge in [0.25, 0.3) is 0 Å². The number of aliphatic hydroxyl groups is 1. The van der Waals surface area contributed by atoms with Gasteiger partial charge in [-0.15, -0.1) is 11.3 Å². The highest BCUT2D eigenvalue weighted by Crippen LogP contribution is 2.32. The first kappa shape index (κ1) is 9.52. The first-order valence-electron chi connectivity index (χ1n) is 3.21. The number of hydrogen-bond acceptors (Lipinski definition) is 2. The van der Waals surface area contributed by atoms with Crippen molar-refractivity contribution < 1.29 is 5.11 Å². The average Bonchev–Trinajstić information content (AvgIpc) is 2.10. The number of thiophene rings is 1. The van der Waals surface area contributed by atoms with Gasteiger partial charge in [0.05, 0.1) is 6.10 Å². The number of rotatable bonds is 2. The molecule has 0 aromatic carbocycles. The first-order chi connectivity index (χ1) is 5.09. The van der Waals surface area contributed by atoms with Gasteiger partial charge in [-0.05, 0) is 28.9 Å². The summed E-state index contributed by atoms with van der Waals surface area (Å²) in [6.45, 7) is 1.77. The first-order valence-corrected chi connectivity index (χ1v) is 5.20. The van der Waals surface area contributed by atoms with Crippen LogP contribution in [0.25, 0.3) is 0 Å². The fraction of sp³-hybridized carbons (Fsp3) is 0.429. The van der Waals surface area contributed by atoms with Crippen LogP contribution >= 0.6 is 38.9 Å². The lowest BCUT2D eigenvalue weighted by atomic mass is 10.2. The summed E-state index contributed by atoms with van der Waals surface area (Å²) in [5, 5.41) is 9.05. The second-order valence-corrected chi connectivity index (χ2v) is 4.98. The summed E-state index contributed by atoms with van der Waals surface area (Å²) < 4.78 is 1.67. The molecule has 0 radical (unpaired) electrons. The Morgan fingerprint density at radius 1 is 1.82 bits per heavy atom. The molecule has 0 aliphatic rings. The van der Waals surface area contributed by atoms with Gasteiger partial charge in [0.1, 0.15) is 4.34 Å². The van der Waals surface area contributed by atoms with Crippen LogP contribution in [0, 0.1) is 0 Å². The van der Waals surface area contributed by atoms with Crippen molar-refractivity contribution in [2.45, 2.75) is 19.4 Å². The summed E-state index contributed by atoms with van der Waals surface area (Å²) >= 11 is 10.6. The Hall–Kier alpha value is 0.430. The predicted octanol–water partition coefficient (Wildman–Crippen LogP) is 3.09. The Balaban J connectivity index is 2.73. The molecule has 1 N–H and O–H groups in total. The largest absolute Gasteiger partial charge is 0.393 e. The molecule has 0 bridgehead atoms. The smallest absolute Gasteiger partial charge is 0.107 e. The lowest BCUT2D eigenvalue weighted by Gasteiger charge is -1.98. The lowest BCUT2D eigenvalue weighted by Crippen LogP contribution is -2.01. The molecular weight excluding hydrogens is 248 g/mol. The fourth-order valence-electron chi connectivity index (χ4n) is 0.783. The van der Waals surface area contributed by atoms with E-state index in [-0.39, 0.29) is 6.10 Å². The molecule has 1 unspecified atom stereocenters. The van der Waals surface area contributed by atoms with Gasteiger partial charge in [0.2, 0.25) is 0 Å². The fourth-order valence-corrected chi connectivity index (χ4v) is 2.69. The Bertz CT molecular complexity index is 227. The van der Waals surface area contributed by atoms with Crippen molar-refractivity contribution in [2.24, 2.45) is 0 Å². The van der Waals surface area contributed by atoms with E-state index in [0.29, 0.717) is 6.42 Å². The van der Waals surface area contributed by atoms with Crippen LogP contribution in [0.4, 0.5) is 0 Å². The van der Waals surface area contributed by atoms with Crippen LogP contribution in [0.5, 0.6) is 0 Å². The van der Waals surface area contributed by atoms with E-state index in [4.69, 9.17) is 16.7 Å². The molecule has 4 heteroatoms. The maximum atomic E-state index is 9.05. The molecule has 1 aromatic heterocycles. The molecule has 0 aliphatic carbocycles. The lowest BCUT2D eigenvalue weighted by molar-refractivity contribution is 0.196. The third-order valence-electron chi connectivity index (χ3n) is 1.19. The summed E-state index contributed by atoms with van der Waals surface area (Å²) in [6.07, 6.45) is 0.382. The van der Waals surface area contributed by atoms with Gasteiger partial charge in [0, 0.05) is 15.8 Å². The van der Waals surface area contributed by atoms with Crippen molar-refractivity contribution >= 4 is 38.9 Å². The van der Waals surface area contributed by atoms with Crippen molar-refractivity contribution in [3.8, 4) is 0 Å². The molecule has 0 amide bonds. The molecule has 1 aromatic rings. The van der Waals surface area contributed by atoms with Crippen LogP contribution in [-0.2, 0) is 6.42 Å². The highest BCUT2D eigenvalue weighted by molar-refractivity contribution is 9.10. The van der Waals surface area contributed by atoms with E-state index in [1.807, 2.05) is 6.07 Å². The molecule has 1 heterocycles. The zero-order chi connectivity index (χ0) is 8.43. The van der Waals surface area contributed by atoms with Gasteiger partial charge in [-0.2, -0.15) is 0 Å². The molecular formula is C7H8BrClOS. The zero-order valence-electron chi connectivity index (χ0n) is 5.97. The molecule has 1 nitrogen and oxygen atoms in total. The minimum absolute atomic E-state index is 0.295. The summed E-state index contributed by atoms with van der Waals surface area (Å²) in [7, 11) is 0. The van der Waals surface area contributed by atoms with Crippen LogP contribution in [0.1, 0.15) is 11.8 Å². The van der Waals surface area contributed by atoms with Crippen LogP contribution in [-0.4, -0.2) is 11.2 Å². The maximum absolute atomic E-state index is 9.05. The minimum Gasteiger partial charge on any atom is -0.393 e. The Kier molecular flexibility index (Phi) is 3.37. The van der Waals surface area contributed by atoms with Gasteiger partial charge in [-0.25, -0.2) is 0 Å². The van der Waals surface area contributed by atoms with E-state index in [1.165, 1.54) is 11.3 Å². The monoisotopic (exact) mass is 254 g/mol. The van der Waals surface area contributed by atoms with E-state index in [1.54, 1.807) is 6.92 Å². The highest BCUT2D eigenvalue weighted by atomic mass is 79.9. The van der Waals surface area contributed by atoms with Crippen molar-refractivity contribution in [3.63, 3.8) is 0 Å². The normalized spacial score (nSPS) is 13.5. The topological polar surface area (TPSA) is 20.2 Å². The Morgan fingerprint density at radius 3 is 2.82 bits per heavy atom. The van der Waals surface area contributed by atoms with Crippen molar-refractivity contribution in [2.75, 3.05) is 0 Å². The van der Waals surface area contributed by atoms with E-state index in [9.17, 15) is 0 Å². The van der Waals surface area contributed by atoms with E-state index < -0.39 is 0 Å². The molecule has 0 saturated heterocycles. The standard InChI is InChI=1S/C7H8BrClOS/c1-4(10)2-5-3-6(8)7(9)11-5/h3-4,10H,2H2,1H3. The van der Waals surface area contributed by atoms with Crippen LogP contribution in [0.2, 0.25) is 4.34 Å². The minimum atomic E-state index is -0.295. The van der Waals surface area contributed by atoms with Crippen LogP contribution in [0.3, 0.4) is 0 Å². The SMILES string of the molecule is CC(O)Cc1cc(Br)c(Cl)s1. The van der Waals surface area contributed by atoms with Crippen molar-refractivity contribution in [1.29, 1.82) is 0 Å². The molecule has 62 valence electrons. The Morgan fingerprint density at radius 2 is 2.45 bits per heavy atom. The van der Waals surface area contributed by atoms with Gasteiger partial charge in [-0.1, -0.05) is 11.6 Å². The molecule has 0 spiro atoms. The second kappa shape index (κ2) is 3.90. The summed E-state index contributed by atoms with van der Waals surface area (Å²) in [5.41, 5.74) is 0. The Labute approximate surface area is 83.1 Å². The van der Waals surface area contributed by atoms with E-state index in [0.717, 1.165) is 13.7 Å². The molecule has 1 rings (SSSR count). The number of hydrogen-bond donors (Lipinski definition) is 1.